The van der Waals surface area contributed by atoms with E-state index in [2.05, 4.69) is 31.0 Å². The number of nitrogens with one attached hydrogen (secondary N) is 1. The molecule has 0 aromatic heterocycles. The first-order valence-corrected chi connectivity index (χ1v) is 7.19. The van der Waals surface area contributed by atoms with E-state index in [9.17, 15) is 9.18 Å². The Bertz CT molecular complexity index is 545. The van der Waals surface area contributed by atoms with E-state index < -0.39 is 5.82 Å². The average molecular weight is 291 g/mol. The molecule has 0 saturated carbocycles. The molecule has 1 aromatic rings. The highest BCUT2D eigenvalue weighted by Crippen LogP contribution is 2.12. The number of amides is 1. The normalized spacial score (nSPS) is 13.0. The van der Waals surface area contributed by atoms with E-state index in [4.69, 9.17) is 5.11 Å². The second-order valence-electron chi connectivity index (χ2n) is 5.12. The van der Waals surface area contributed by atoms with Crippen molar-refractivity contribution in [1.82, 2.24) is 5.32 Å². The number of benzene rings is 1. The summed E-state index contributed by atoms with van der Waals surface area (Å²) in [6, 6.07) is 4.28. The standard InChI is InChI=1S/C17H22FNO2/c1-4-12(2)13(3)19-17(21)15-9-8-14(16(18)11-15)7-5-6-10-20/h8-9,11-13,20H,4,6,10H2,1-3H3,(H,19,21). The smallest absolute Gasteiger partial charge is 0.251 e. The zero-order chi connectivity index (χ0) is 15.8. The number of aliphatic hydroxyl groups is 1. The largest absolute Gasteiger partial charge is 0.395 e. The van der Waals surface area contributed by atoms with Gasteiger partial charge in [-0.1, -0.05) is 32.1 Å². The summed E-state index contributed by atoms with van der Waals surface area (Å²) in [5.41, 5.74) is 0.519. The van der Waals surface area contributed by atoms with Crippen LogP contribution in [0.15, 0.2) is 18.2 Å². The van der Waals surface area contributed by atoms with Crippen molar-refractivity contribution in [3.05, 3.63) is 35.1 Å². The van der Waals surface area contributed by atoms with Crippen LogP contribution < -0.4 is 5.32 Å². The molecule has 1 rings (SSSR count). The van der Waals surface area contributed by atoms with Crippen LogP contribution in [0.1, 0.15) is 49.5 Å². The molecule has 0 radical (unpaired) electrons. The number of carbonyl (C=O) groups excluding carboxylic acids is 1. The molecule has 2 atom stereocenters. The van der Waals surface area contributed by atoms with E-state index >= 15 is 0 Å². The molecule has 3 nitrogen and oxygen atoms in total. The Morgan fingerprint density at radius 1 is 1.43 bits per heavy atom. The van der Waals surface area contributed by atoms with Gasteiger partial charge in [0.1, 0.15) is 5.82 Å². The van der Waals surface area contributed by atoms with E-state index in [1.165, 1.54) is 12.1 Å². The highest BCUT2D eigenvalue weighted by atomic mass is 19.1. The summed E-state index contributed by atoms with van der Waals surface area (Å²) in [7, 11) is 0. The maximum Gasteiger partial charge on any atom is 0.251 e. The van der Waals surface area contributed by atoms with Crippen LogP contribution in [0.25, 0.3) is 0 Å². The number of carbonyl (C=O) groups is 1. The number of rotatable bonds is 5. The minimum Gasteiger partial charge on any atom is -0.395 e. The second-order valence-corrected chi connectivity index (χ2v) is 5.12. The summed E-state index contributed by atoms with van der Waals surface area (Å²) in [4.78, 5) is 12.1. The zero-order valence-electron chi connectivity index (χ0n) is 12.7. The Kier molecular flexibility index (Phi) is 6.90. The molecule has 1 amide bonds. The lowest BCUT2D eigenvalue weighted by Gasteiger charge is -2.19. The van der Waals surface area contributed by atoms with Crippen molar-refractivity contribution in [1.29, 1.82) is 0 Å². The van der Waals surface area contributed by atoms with Crippen molar-refractivity contribution in [2.24, 2.45) is 5.92 Å². The van der Waals surface area contributed by atoms with Crippen LogP contribution in [0.2, 0.25) is 0 Å². The third-order valence-corrected chi connectivity index (χ3v) is 3.55. The Labute approximate surface area is 125 Å². The van der Waals surface area contributed by atoms with Gasteiger partial charge in [-0.25, -0.2) is 4.39 Å². The van der Waals surface area contributed by atoms with Crippen LogP contribution in [0.4, 0.5) is 4.39 Å². The van der Waals surface area contributed by atoms with Gasteiger partial charge >= 0.3 is 0 Å². The van der Waals surface area contributed by atoms with Gasteiger partial charge in [0, 0.05) is 18.0 Å². The maximum absolute atomic E-state index is 13.9. The topological polar surface area (TPSA) is 49.3 Å². The Morgan fingerprint density at radius 2 is 2.14 bits per heavy atom. The van der Waals surface area contributed by atoms with E-state index in [1.54, 1.807) is 6.07 Å². The number of aliphatic hydroxyl groups excluding tert-OH is 1. The molecular formula is C17H22FNO2. The zero-order valence-corrected chi connectivity index (χ0v) is 12.7. The third kappa shape index (κ3) is 5.20. The SMILES string of the molecule is CCC(C)C(C)NC(=O)c1ccc(C#CCCO)c(F)c1. The quantitative estimate of drug-likeness (QED) is 0.820. The number of hydrogen-bond donors (Lipinski definition) is 2. The van der Waals surface area contributed by atoms with Gasteiger partial charge in [0.2, 0.25) is 0 Å². The van der Waals surface area contributed by atoms with Crippen molar-refractivity contribution in [2.75, 3.05) is 6.61 Å². The van der Waals surface area contributed by atoms with E-state index in [-0.39, 0.29) is 29.7 Å². The van der Waals surface area contributed by atoms with Gasteiger partial charge in [-0.15, -0.1) is 0 Å². The number of halogens is 1. The van der Waals surface area contributed by atoms with Crippen LogP contribution in [-0.4, -0.2) is 23.7 Å². The van der Waals surface area contributed by atoms with Crippen LogP contribution in [0, 0.1) is 23.6 Å². The van der Waals surface area contributed by atoms with Crippen LogP contribution in [0.5, 0.6) is 0 Å². The number of hydrogen-bond acceptors (Lipinski definition) is 2. The molecule has 0 aliphatic heterocycles. The lowest BCUT2D eigenvalue weighted by molar-refractivity contribution is 0.0927. The molecule has 0 heterocycles. The van der Waals surface area contributed by atoms with Gasteiger partial charge in [0.25, 0.3) is 5.91 Å². The first-order valence-electron chi connectivity index (χ1n) is 7.19. The summed E-state index contributed by atoms with van der Waals surface area (Å²) in [6.07, 6.45) is 1.27. The fraction of sp³-hybridized carbons (Fsp3) is 0.471. The van der Waals surface area contributed by atoms with Crippen molar-refractivity contribution >= 4 is 5.91 Å². The molecule has 21 heavy (non-hydrogen) atoms. The molecule has 0 spiro atoms. The van der Waals surface area contributed by atoms with Gasteiger partial charge in [0.05, 0.1) is 12.2 Å². The highest BCUT2D eigenvalue weighted by molar-refractivity contribution is 5.94. The summed E-state index contributed by atoms with van der Waals surface area (Å²) in [5, 5.41) is 11.5. The van der Waals surface area contributed by atoms with Crippen LogP contribution in [-0.2, 0) is 0 Å². The second kappa shape index (κ2) is 8.43. The lowest BCUT2D eigenvalue weighted by Crippen LogP contribution is -2.36. The molecule has 0 fully saturated rings. The summed E-state index contributed by atoms with van der Waals surface area (Å²) in [6.45, 7) is 6.01. The van der Waals surface area contributed by atoms with Gasteiger partial charge in [0.15, 0.2) is 0 Å². The predicted molar refractivity (Wildman–Crippen MR) is 81.4 cm³/mol. The fourth-order valence-electron chi connectivity index (χ4n) is 1.76. The molecule has 2 N–H and O–H groups in total. The average Bonchev–Trinajstić information content (AvgIpc) is 2.47. The van der Waals surface area contributed by atoms with Gasteiger partial charge in [-0.2, -0.15) is 0 Å². The van der Waals surface area contributed by atoms with Crippen LogP contribution >= 0.6 is 0 Å². The minimum atomic E-state index is -0.524. The molecule has 0 aliphatic carbocycles. The first-order chi connectivity index (χ1) is 9.99. The van der Waals surface area contributed by atoms with E-state index in [0.717, 1.165) is 6.42 Å². The van der Waals surface area contributed by atoms with E-state index in [1.807, 2.05) is 6.92 Å². The molecule has 2 unspecified atom stereocenters. The molecule has 1 aromatic carbocycles. The molecule has 0 saturated heterocycles. The minimum absolute atomic E-state index is 0.0367. The molecule has 0 aliphatic rings. The molecular weight excluding hydrogens is 269 g/mol. The van der Waals surface area contributed by atoms with Crippen molar-refractivity contribution in [3.63, 3.8) is 0 Å². The molecule has 0 bridgehead atoms. The predicted octanol–water partition coefficient (Wildman–Crippen LogP) is 2.72. The monoisotopic (exact) mass is 291 g/mol. The fourth-order valence-corrected chi connectivity index (χ4v) is 1.76. The van der Waals surface area contributed by atoms with Crippen molar-refractivity contribution in [2.45, 2.75) is 39.7 Å². The Balaban J connectivity index is 2.79. The van der Waals surface area contributed by atoms with Gasteiger partial charge < -0.3 is 10.4 Å². The maximum atomic E-state index is 13.9. The Morgan fingerprint density at radius 3 is 2.71 bits per heavy atom. The van der Waals surface area contributed by atoms with Gasteiger partial charge in [-0.3, -0.25) is 4.79 Å². The summed E-state index contributed by atoms with van der Waals surface area (Å²) in [5.74, 6) is 4.85. The van der Waals surface area contributed by atoms with E-state index in [0.29, 0.717) is 12.3 Å². The summed E-state index contributed by atoms with van der Waals surface area (Å²) >= 11 is 0. The van der Waals surface area contributed by atoms with Crippen molar-refractivity contribution in [3.8, 4) is 11.8 Å². The molecule has 4 heteroatoms. The highest BCUT2D eigenvalue weighted by Gasteiger charge is 2.15. The lowest BCUT2D eigenvalue weighted by atomic mass is 10.0. The molecule has 114 valence electrons. The van der Waals surface area contributed by atoms with Gasteiger partial charge in [-0.05, 0) is 31.0 Å². The van der Waals surface area contributed by atoms with Crippen LogP contribution in [0.3, 0.4) is 0 Å². The summed E-state index contributed by atoms with van der Waals surface area (Å²) < 4.78 is 13.9. The Hall–Kier alpha value is -1.86. The van der Waals surface area contributed by atoms with Crippen molar-refractivity contribution < 1.29 is 14.3 Å². The third-order valence-electron chi connectivity index (χ3n) is 3.55. The first kappa shape index (κ1) is 17.2.